The van der Waals surface area contributed by atoms with Gasteiger partial charge in [-0.25, -0.2) is 0 Å². The molecule has 1 unspecified atom stereocenters. The lowest BCUT2D eigenvalue weighted by Gasteiger charge is -2.12. The van der Waals surface area contributed by atoms with Crippen LogP contribution >= 0.6 is 0 Å². The molecule has 0 aromatic heterocycles. The molecule has 116 valence electrons. The van der Waals surface area contributed by atoms with Crippen LogP contribution in [0.3, 0.4) is 0 Å². The summed E-state index contributed by atoms with van der Waals surface area (Å²) in [6, 6.07) is 17.2. The van der Waals surface area contributed by atoms with E-state index in [1.54, 1.807) is 6.07 Å². The molecule has 1 aliphatic rings. The van der Waals surface area contributed by atoms with Gasteiger partial charge in [0.05, 0.1) is 18.2 Å². The van der Waals surface area contributed by atoms with Crippen molar-refractivity contribution >= 4 is 5.91 Å². The van der Waals surface area contributed by atoms with E-state index in [-0.39, 0.29) is 6.10 Å². The van der Waals surface area contributed by atoms with Gasteiger partial charge in [0, 0.05) is 6.42 Å². The van der Waals surface area contributed by atoms with Crippen LogP contribution in [0.15, 0.2) is 48.5 Å². The van der Waals surface area contributed by atoms with Gasteiger partial charge in [-0.2, -0.15) is 5.26 Å². The third kappa shape index (κ3) is 3.33. The summed E-state index contributed by atoms with van der Waals surface area (Å²) in [5.41, 5.74) is 7.69. The number of hydrogen-bond acceptors (Lipinski definition) is 4. The topological polar surface area (TPSA) is 85.3 Å². The molecule has 1 amide bonds. The summed E-state index contributed by atoms with van der Waals surface area (Å²) in [4.78, 5) is 11.1. The molecular formula is C18H16N2O3. The minimum absolute atomic E-state index is 0.176. The number of benzene rings is 2. The van der Waals surface area contributed by atoms with Gasteiger partial charge in [0.25, 0.3) is 0 Å². The predicted molar refractivity (Wildman–Crippen MR) is 84.6 cm³/mol. The zero-order valence-electron chi connectivity index (χ0n) is 12.4. The SMILES string of the molecule is N#Cc1ccccc1-c1ccc(O[C@@H]2COC(C(N)=O)C2)cc1. The van der Waals surface area contributed by atoms with Gasteiger partial charge in [0.15, 0.2) is 0 Å². The van der Waals surface area contributed by atoms with Gasteiger partial charge in [0.2, 0.25) is 5.91 Å². The molecule has 1 saturated heterocycles. The maximum atomic E-state index is 11.1. The summed E-state index contributed by atoms with van der Waals surface area (Å²) in [5, 5.41) is 9.17. The fraction of sp³-hybridized carbons (Fsp3) is 0.222. The Kier molecular flexibility index (Phi) is 4.26. The highest BCUT2D eigenvalue weighted by atomic mass is 16.6. The fourth-order valence-corrected chi connectivity index (χ4v) is 2.62. The third-order valence-electron chi connectivity index (χ3n) is 3.79. The zero-order chi connectivity index (χ0) is 16.2. The molecule has 1 fully saturated rings. The molecule has 0 spiro atoms. The van der Waals surface area contributed by atoms with Gasteiger partial charge >= 0.3 is 0 Å². The maximum absolute atomic E-state index is 11.1. The minimum atomic E-state index is -0.568. The largest absolute Gasteiger partial charge is 0.488 e. The van der Waals surface area contributed by atoms with E-state index in [9.17, 15) is 4.79 Å². The number of hydrogen-bond donors (Lipinski definition) is 1. The van der Waals surface area contributed by atoms with E-state index >= 15 is 0 Å². The first-order valence-corrected chi connectivity index (χ1v) is 7.34. The van der Waals surface area contributed by atoms with E-state index in [1.165, 1.54) is 0 Å². The van der Waals surface area contributed by atoms with Gasteiger partial charge in [0.1, 0.15) is 18.0 Å². The predicted octanol–water partition coefficient (Wildman–Crippen LogP) is 2.25. The highest BCUT2D eigenvalue weighted by molar-refractivity contribution is 5.79. The Labute approximate surface area is 134 Å². The molecule has 5 nitrogen and oxygen atoms in total. The minimum Gasteiger partial charge on any atom is -0.488 e. The number of carbonyl (C=O) groups is 1. The normalized spacial score (nSPS) is 20.0. The highest BCUT2D eigenvalue weighted by Gasteiger charge is 2.30. The first kappa shape index (κ1) is 15.1. The number of nitrogens with two attached hydrogens (primary N) is 1. The monoisotopic (exact) mass is 308 g/mol. The summed E-state index contributed by atoms with van der Waals surface area (Å²) in [7, 11) is 0. The van der Waals surface area contributed by atoms with Crippen molar-refractivity contribution in [2.24, 2.45) is 5.73 Å². The third-order valence-corrected chi connectivity index (χ3v) is 3.79. The molecule has 2 N–H and O–H groups in total. The van der Waals surface area contributed by atoms with Crippen LogP contribution in [-0.2, 0) is 9.53 Å². The molecule has 2 aromatic rings. The summed E-state index contributed by atoms with van der Waals surface area (Å²) >= 11 is 0. The molecule has 1 heterocycles. The van der Waals surface area contributed by atoms with Crippen LogP contribution in [0.1, 0.15) is 12.0 Å². The first-order chi connectivity index (χ1) is 11.2. The van der Waals surface area contributed by atoms with Crippen molar-refractivity contribution in [3.05, 3.63) is 54.1 Å². The summed E-state index contributed by atoms with van der Waals surface area (Å²) in [6.07, 6.45) is -0.277. The Morgan fingerprint density at radius 3 is 2.61 bits per heavy atom. The van der Waals surface area contributed by atoms with Crippen LogP contribution in [0, 0.1) is 11.3 Å². The van der Waals surface area contributed by atoms with Crippen LogP contribution in [0.5, 0.6) is 5.75 Å². The van der Waals surface area contributed by atoms with Crippen molar-refractivity contribution in [3.8, 4) is 22.9 Å². The van der Waals surface area contributed by atoms with E-state index in [0.29, 0.717) is 24.3 Å². The van der Waals surface area contributed by atoms with Gasteiger partial charge in [-0.3, -0.25) is 4.79 Å². The van der Waals surface area contributed by atoms with E-state index in [0.717, 1.165) is 11.1 Å². The zero-order valence-corrected chi connectivity index (χ0v) is 12.4. The first-order valence-electron chi connectivity index (χ1n) is 7.34. The second-order valence-corrected chi connectivity index (χ2v) is 5.38. The van der Waals surface area contributed by atoms with Crippen LogP contribution in [0.25, 0.3) is 11.1 Å². The maximum Gasteiger partial charge on any atom is 0.246 e. The van der Waals surface area contributed by atoms with E-state index in [4.69, 9.17) is 20.5 Å². The average molecular weight is 308 g/mol. The molecule has 5 heteroatoms. The molecule has 23 heavy (non-hydrogen) atoms. The van der Waals surface area contributed by atoms with E-state index < -0.39 is 12.0 Å². The summed E-state index contributed by atoms with van der Waals surface area (Å²) in [6.45, 7) is 0.354. The van der Waals surface area contributed by atoms with Crippen molar-refractivity contribution in [2.75, 3.05) is 6.61 Å². The average Bonchev–Trinajstić information content (AvgIpc) is 3.04. The fourth-order valence-electron chi connectivity index (χ4n) is 2.62. The lowest BCUT2D eigenvalue weighted by atomic mass is 10.0. The quantitative estimate of drug-likeness (QED) is 0.938. The van der Waals surface area contributed by atoms with E-state index in [2.05, 4.69) is 6.07 Å². The second-order valence-electron chi connectivity index (χ2n) is 5.38. The number of ether oxygens (including phenoxy) is 2. The van der Waals surface area contributed by atoms with Crippen molar-refractivity contribution in [3.63, 3.8) is 0 Å². The molecular weight excluding hydrogens is 292 g/mol. The van der Waals surface area contributed by atoms with Gasteiger partial charge in [-0.05, 0) is 29.3 Å². The van der Waals surface area contributed by atoms with Crippen LogP contribution in [-0.4, -0.2) is 24.7 Å². The van der Waals surface area contributed by atoms with Crippen molar-refractivity contribution in [1.29, 1.82) is 5.26 Å². The molecule has 0 bridgehead atoms. The molecule has 3 rings (SSSR count). The number of rotatable bonds is 4. The Hall–Kier alpha value is -2.84. The Balaban J connectivity index is 1.71. The van der Waals surface area contributed by atoms with Gasteiger partial charge in [-0.1, -0.05) is 30.3 Å². The van der Waals surface area contributed by atoms with Crippen molar-refractivity contribution < 1.29 is 14.3 Å². The van der Waals surface area contributed by atoms with Crippen LogP contribution in [0.4, 0.5) is 0 Å². The highest BCUT2D eigenvalue weighted by Crippen LogP contribution is 2.27. The van der Waals surface area contributed by atoms with E-state index in [1.807, 2.05) is 42.5 Å². The summed E-state index contributed by atoms with van der Waals surface area (Å²) < 4.78 is 11.1. The molecule has 0 aliphatic carbocycles. The van der Waals surface area contributed by atoms with Crippen molar-refractivity contribution in [2.45, 2.75) is 18.6 Å². The Morgan fingerprint density at radius 1 is 1.22 bits per heavy atom. The standard InChI is InChI=1S/C18H16N2O3/c19-10-13-3-1-2-4-16(13)12-5-7-14(8-6-12)23-15-9-17(18(20)21)22-11-15/h1-8,15,17H,9,11H2,(H2,20,21)/t15-,17?/m0/s1. The van der Waals surface area contributed by atoms with Crippen LogP contribution < -0.4 is 10.5 Å². The van der Waals surface area contributed by atoms with Crippen LogP contribution in [0.2, 0.25) is 0 Å². The number of nitrogens with zero attached hydrogens (tertiary/aromatic N) is 1. The molecule has 2 aromatic carbocycles. The number of amides is 1. The summed E-state index contributed by atoms with van der Waals surface area (Å²) in [5.74, 6) is 0.237. The molecule has 0 saturated carbocycles. The van der Waals surface area contributed by atoms with Gasteiger partial charge < -0.3 is 15.2 Å². The second kappa shape index (κ2) is 6.51. The van der Waals surface area contributed by atoms with Gasteiger partial charge in [-0.15, -0.1) is 0 Å². The Morgan fingerprint density at radius 2 is 1.96 bits per heavy atom. The number of nitriles is 1. The molecule has 1 aliphatic heterocycles. The lowest BCUT2D eigenvalue weighted by molar-refractivity contribution is -0.126. The lowest BCUT2D eigenvalue weighted by Crippen LogP contribution is -2.28. The Bertz CT molecular complexity index is 750. The molecule has 2 atom stereocenters. The van der Waals surface area contributed by atoms with Crippen molar-refractivity contribution in [1.82, 2.24) is 0 Å². The molecule has 0 radical (unpaired) electrons. The number of primary amides is 1. The smallest absolute Gasteiger partial charge is 0.246 e. The number of carbonyl (C=O) groups excluding carboxylic acids is 1.